The maximum atomic E-state index is 2.17. The van der Waals surface area contributed by atoms with E-state index in [2.05, 4.69) is 32.5 Å². The van der Waals surface area contributed by atoms with E-state index in [1.54, 1.807) is 0 Å². The van der Waals surface area contributed by atoms with Crippen LogP contribution in [0.5, 0.6) is 0 Å². The average Bonchev–Trinajstić information content (AvgIpc) is 2.13. The van der Waals surface area contributed by atoms with Crippen molar-refractivity contribution in [1.82, 2.24) is 4.58 Å². The van der Waals surface area contributed by atoms with Crippen molar-refractivity contribution in [3.05, 3.63) is 13.7 Å². The molecule has 0 saturated carbocycles. The first-order valence-corrected chi connectivity index (χ1v) is 4.82. The molecule has 0 aliphatic heterocycles. The van der Waals surface area contributed by atoms with E-state index in [1.807, 2.05) is 22.7 Å². The summed E-state index contributed by atoms with van der Waals surface area (Å²) in [5, 5.41) is 0. The molecule has 1 aromatic rings. The van der Waals surface area contributed by atoms with Gasteiger partial charge in [-0.1, -0.05) is 22.7 Å². The predicted molar refractivity (Wildman–Crippen MR) is 48.8 cm³/mol. The van der Waals surface area contributed by atoms with Gasteiger partial charge in [-0.25, -0.2) is 4.58 Å². The van der Waals surface area contributed by atoms with Crippen LogP contribution in [-0.4, -0.2) is 14.1 Å². The van der Waals surface area contributed by atoms with Gasteiger partial charge in [0, 0.05) is 9.75 Å². The second-order valence-corrected chi connectivity index (χ2v) is 5.14. The van der Waals surface area contributed by atoms with Crippen molar-refractivity contribution in [3.8, 4) is 0 Å². The predicted octanol–water partition coefficient (Wildman–Crippen LogP) is 1.46. The Balaban J connectivity index is 3.37. The summed E-state index contributed by atoms with van der Waals surface area (Å²) in [6.45, 7) is 4.34. The first-order valence-electron chi connectivity index (χ1n) is 3.18. The highest BCUT2D eigenvalue weighted by molar-refractivity contribution is 7.27. The van der Waals surface area contributed by atoms with Gasteiger partial charge in [0.1, 0.15) is 14.1 Å². The van der Waals surface area contributed by atoms with Crippen LogP contribution in [0.15, 0.2) is 0 Å². The lowest BCUT2D eigenvalue weighted by molar-refractivity contribution is 0.844. The SMILES string of the molecule is Cc1sc(=[N+](C)C)sc1C. The van der Waals surface area contributed by atoms with Crippen LogP contribution >= 0.6 is 22.7 Å². The van der Waals surface area contributed by atoms with E-state index in [9.17, 15) is 0 Å². The van der Waals surface area contributed by atoms with E-state index in [4.69, 9.17) is 0 Å². The normalized spacial score (nSPS) is 10.0. The van der Waals surface area contributed by atoms with Gasteiger partial charge in [-0.3, -0.25) is 0 Å². The van der Waals surface area contributed by atoms with Crippen molar-refractivity contribution in [2.75, 3.05) is 14.1 Å². The molecule has 0 bridgehead atoms. The second kappa shape index (κ2) is 2.84. The van der Waals surface area contributed by atoms with Gasteiger partial charge in [0.25, 0.3) is 0 Å². The minimum atomic E-state index is 1.38. The lowest BCUT2D eigenvalue weighted by Gasteiger charge is -1.76. The molecule has 56 valence electrons. The molecule has 1 heterocycles. The van der Waals surface area contributed by atoms with Gasteiger partial charge in [-0.15, -0.1) is 0 Å². The summed E-state index contributed by atoms with van der Waals surface area (Å²) in [6.07, 6.45) is 0. The number of hydrogen-bond acceptors (Lipinski definition) is 2. The van der Waals surface area contributed by atoms with Gasteiger partial charge in [0.15, 0.2) is 0 Å². The van der Waals surface area contributed by atoms with E-state index in [-0.39, 0.29) is 0 Å². The zero-order valence-electron chi connectivity index (χ0n) is 6.76. The van der Waals surface area contributed by atoms with Crippen LogP contribution in [0.25, 0.3) is 0 Å². The summed E-state index contributed by atoms with van der Waals surface area (Å²) in [7, 11) is 4.17. The number of hydrogen-bond donors (Lipinski definition) is 0. The van der Waals surface area contributed by atoms with Crippen molar-refractivity contribution < 1.29 is 0 Å². The molecule has 0 N–H and O–H groups in total. The fraction of sp³-hybridized carbons (Fsp3) is 0.571. The van der Waals surface area contributed by atoms with E-state index >= 15 is 0 Å². The monoisotopic (exact) mass is 174 g/mol. The van der Waals surface area contributed by atoms with Crippen LogP contribution in [0.3, 0.4) is 0 Å². The van der Waals surface area contributed by atoms with Crippen molar-refractivity contribution in [1.29, 1.82) is 0 Å². The van der Waals surface area contributed by atoms with Crippen LogP contribution in [-0.2, 0) is 0 Å². The lowest BCUT2D eigenvalue weighted by Crippen LogP contribution is -2.14. The molecule has 0 spiro atoms. The minimum Gasteiger partial charge on any atom is -0.217 e. The van der Waals surface area contributed by atoms with Gasteiger partial charge >= 0.3 is 3.98 Å². The quantitative estimate of drug-likeness (QED) is 0.524. The molecule has 1 rings (SSSR count). The Morgan fingerprint density at radius 2 is 1.40 bits per heavy atom. The van der Waals surface area contributed by atoms with E-state index in [0.717, 1.165) is 0 Å². The number of rotatable bonds is 0. The molecule has 0 aliphatic rings. The van der Waals surface area contributed by atoms with Gasteiger partial charge in [0.2, 0.25) is 0 Å². The van der Waals surface area contributed by atoms with Crippen molar-refractivity contribution in [2.45, 2.75) is 13.8 Å². The third-order valence-electron chi connectivity index (χ3n) is 1.34. The largest absolute Gasteiger partial charge is 0.313 e. The molecular formula is C7H12NS2+. The third-order valence-corrected chi connectivity index (χ3v) is 4.28. The number of nitrogens with zero attached hydrogens (tertiary/aromatic N) is 1. The summed E-state index contributed by atoms with van der Waals surface area (Å²) in [6, 6.07) is 0. The maximum absolute atomic E-state index is 2.17. The fourth-order valence-electron chi connectivity index (χ4n) is 0.609. The molecule has 0 atom stereocenters. The Morgan fingerprint density at radius 3 is 1.60 bits per heavy atom. The van der Waals surface area contributed by atoms with Crippen LogP contribution < -0.4 is 8.56 Å². The van der Waals surface area contributed by atoms with E-state index < -0.39 is 0 Å². The third kappa shape index (κ3) is 1.47. The second-order valence-electron chi connectivity index (χ2n) is 2.48. The van der Waals surface area contributed by atoms with Crippen LogP contribution in [0.4, 0.5) is 0 Å². The summed E-state index contributed by atoms with van der Waals surface area (Å²) in [5.74, 6) is 0. The molecule has 0 aromatic carbocycles. The Labute approximate surface area is 69.3 Å². The van der Waals surface area contributed by atoms with Gasteiger partial charge in [0.05, 0.1) is 0 Å². The zero-order chi connectivity index (χ0) is 7.72. The Hall–Kier alpha value is -0.150. The standard InChI is InChI=1S/C7H12NS2/c1-5-6(2)10-7(9-5)8(3)4/h1-4H3/q+1. The van der Waals surface area contributed by atoms with E-state index in [1.165, 1.54) is 13.7 Å². The van der Waals surface area contributed by atoms with E-state index in [0.29, 0.717) is 0 Å². The fourth-order valence-corrected chi connectivity index (χ4v) is 2.95. The highest BCUT2D eigenvalue weighted by Crippen LogP contribution is 2.12. The highest BCUT2D eigenvalue weighted by atomic mass is 32.2. The molecule has 1 nitrogen and oxygen atoms in total. The van der Waals surface area contributed by atoms with Crippen molar-refractivity contribution >= 4 is 22.7 Å². The Morgan fingerprint density at radius 1 is 1.00 bits per heavy atom. The van der Waals surface area contributed by atoms with Gasteiger partial charge < -0.3 is 0 Å². The van der Waals surface area contributed by atoms with Crippen LogP contribution in [0.1, 0.15) is 9.75 Å². The molecule has 1 aromatic heterocycles. The Kier molecular flexibility index (Phi) is 2.26. The molecule has 3 heteroatoms. The molecule has 0 aliphatic carbocycles. The molecule has 0 amide bonds. The summed E-state index contributed by atoms with van der Waals surface area (Å²) in [5.41, 5.74) is 0. The highest BCUT2D eigenvalue weighted by Gasteiger charge is 2.01. The van der Waals surface area contributed by atoms with Gasteiger partial charge in [-0.05, 0) is 13.8 Å². The van der Waals surface area contributed by atoms with Crippen molar-refractivity contribution in [2.24, 2.45) is 0 Å². The molecule has 0 unspecified atom stereocenters. The topological polar surface area (TPSA) is 3.01 Å². The maximum Gasteiger partial charge on any atom is 0.313 e. The Bertz CT molecular complexity index is 266. The first kappa shape index (κ1) is 7.95. The summed E-state index contributed by atoms with van der Waals surface area (Å²) < 4.78 is 3.55. The molecule has 0 saturated heterocycles. The lowest BCUT2D eigenvalue weighted by atomic mass is 10.5. The van der Waals surface area contributed by atoms with Crippen LogP contribution in [0, 0.1) is 13.8 Å². The molecule has 0 fully saturated rings. The first-order chi connectivity index (χ1) is 4.61. The summed E-state index contributed by atoms with van der Waals surface area (Å²) in [4.78, 5) is 2.88. The molecule has 0 radical (unpaired) electrons. The molecular weight excluding hydrogens is 162 g/mol. The minimum absolute atomic E-state index is 1.38. The zero-order valence-corrected chi connectivity index (χ0v) is 8.40. The van der Waals surface area contributed by atoms with Crippen molar-refractivity contribution in [3.63, 3.8) is 0 Å². The number of aryl methyl sites for hydroxylation is 2. The smallest absolute Gasteiger partial charge is 0.217 e. The summed E-state index contributed by atoms with van der Waals surface area (Å²) >= 11 is 3.73. The molecule has 10 heavy (non-hydrogen) atoms. The van der Waals surface area contributed by atoms with Crippen LogP contribution in [0.2, 0.25) is 0 Å². The average molecular weight is 174 g/mol. The van der Waals surface area contributed by atoms with Gasteiger partial charge in [-0.2, -0.15) is 0 Å².